The van der Waals surface area contributed by atoms with Gasteiger partial charge in [0.2, 0.25) is 0 Å². The molecule has 1 aliphatic rings. The Labute approximate surface area is 86.8 Å². The number of aldehydes is 1. The summed E-state index contributed by atoms with van der Waals surface area (Å²) in [5.41, 5.74) is 0. The van der Waals surface area contributed by atoms with Crippen LogP contribution < -0.4 is 0 Å². The average molecular weight is 218 g/mol. The molecule has 0 saturated carbocycles. The molecule has 1 unspecified atom stereocenters. The molecule has 1 fully saturated rings. The Morgan fingerprint density at radius 1 is 1.50 bits per heavy atom. The second-order valence-corrected chi connectivity index (χ2v) is 5.82. The number of hydrogen-bond donors (Lipinski definition) is 1. The summed E-state index contributed by atoms with van der Waals surface area (Å²) in [6.45, 7) is 1.83. The maximum absolute atomic E-state index is 10.3. The van der Waals surface area contributed by atoms with Gasteiger partial charge in [0.25, 0.3) is 0 Å². The van der Waals surface area contributed by atoms with Gasteiger partial charge in [-0.3, -0.25) is 4.67 Å². The van der Waals surface area contributed by atoms with Crippen molar-refractivity contribution in [3.8, 4) is 0 Å². The molecule has 1 N–H and O–H groups in total. The van der Waals surface area contributed by atoms with Gasteiger partial charge in [-0.1, -0.05) is 0 Å². The molecule has 0 aromatic heterocycles. The molecule has 5 heteroatoms. The second kappa shape index (κ2) is 5.76. The van der Waals surface area contributed by atoms with E-state index in [1.807, 2.05) is 18.8 Å². The molecule has 4 nitrogen and oxygen atoms in total. The van der Waals surface area contributed by atoms with Gasteiger partial charge in [-0.15, -0.1) is 0 Å². The largest absolute Gasteiger partial charge is 0.347 e. The summed E-state index contributed by atoms with van der Waals surface area (Å²) in [5.74, 6) is 0.536. The van der Waals surface area contributed by atoms with Crippen molar-refractivity contribution in [2.24, 2.45) is 5.92 Å². The van der Waals surface area contributed by atoms with Gasteiger partial charge in [0.15, 0.2) is 8.45 Å². The average Bonchev–Trinajstić information content (AvgIpc) is 2.18. The van der Waals surface area contributed by atoms with Crippen LogP contribution in [0, 0.1) is 5.92 Å². The first-order valence-corrected chi connectivity index (χ1v) is 6.20. The summed E-state index contributed by atoms with van der Waals surface area (Å²) < 4.78 is 3.96. The van der Waals surface area contributed by atoms with Crippen molar-refractivity contribution in [2.45, 2.75) is 19.3 Å². The molecule has 0 spiro atoms. The molecule has 1 saturated heterocycles. The Morgan fingerprint density at radius 2 is 2.07 bits per heavy atom. The minimum atomic E-state index is -1.11. The molecule has 0 amide bonds. The van der Waals surface area contributed by atoms with Crippen molar-refractivity contribution < 1.29 is 9.69 Å². The van der Waals surface area contributed by atoms with Crippen LogP contribution in [0.2, 0.25) is 0 Å². The summed E-state index contributed by atoms with van der Waals surface area (Å²) in [4.78, 5) is 20.1. The third-order valence-corrected chi connectivity index (χ3v) is 4.25. The highest BCUT2D eigenvalue weighted by Crippen LogP contribution is 2.40. The maximum atomic E-state index is 10.3. The smallest absolute Gasteiger partial charge is 0.184 e. The highest BCUT2D eigenvalue weighted by atomic mass is 31.2. The van der Waals surface area contributed by atoms with Crippen molar-refractivity contribution in [3.63, 3.8) is 0 Å². The van der Waals surface area contributed by atoms with Crippen molar-refractivity contribution in [2.75, 3.05) is 27.2 Å². The molecule has 82 valence electrons. The fraction of sp³-hybridized carbons (Fsp3) is 0.889. The SMILES string of the molecule is CN(C)P(O)N1CCC(CC=O)CC1. The molecule has 0 aliphatic carbocycles. The summed E-state index contributed by atoms with van der Waals surface area (Å²) in [6, 6.07) is 0. The number of rotatable bonds is 4. The molecular formula is C9H19N2O2P. The predicted molar refractivity (Wildman–Crippen MR) is 57.8 cm³/mol. The molecule has 1 rings (SSSR count). The van der Waals surface area contributed by atoms with Crippen molar-refractivity contribution >= 4 is 14.7 Å². The van der Waals surface area contributed by atoms with Crippen molar-refractivity contribution in [3.05, 3.63) is 0 Å². The molecule has 14 heavy (non-hydrogen) atoms. The fourth-order valence-corrected chi connectivity index (χ4v) is 2.82. The molecular weight excluding hydrogens is 199 g/mol. The van der Waals surface area contributed by atoms with Crippen LogP contribution >= 0.6 is 8.45 Å². The van der Waals surface area contributed by atoms with Gasteiger partial charge in [-0.2, -0.15) is 0 Å². The number of carbonyl (C=O) groups is 1. The Bertz CT molecular complexity index is 182. The molecule has 1 atom stereocenters. The summed E-state index contributed by atoms with van der Waals surface area (Å²) in [6.07, 6.45) is 3.76. The lowest BCUT2D eigenvalue weighted by Gasteiger charge is -2.35. The Balaban J connectivity index is 2.31. The monoisotopic (exact) mass is 218 g/mol. The van der Waals surface area contributed by atoms with Crippen LogP contribution in [-0.4, -0.2) is 47.7 Å². The van der Waals surface area contributed by atoms with Gasteiger partial charge in [0.05, 0.1) is 0 Å². The van der Waals surface area contributed by atoms with Crippen molar-refractivity contribution in [1.82, 2.24) is 9.34 Å². The third-order valence-electron chi connectivity index (χ3n) is 2.63. The van der Waals surface area contributed by atoms with E-state index in [4.69, 9.17) is 0 Å². The van der Waals surface area contributed by atoms with Crippen LogP contribution in [0.1, 0.15) is 19.3 Å². The topological polar surface area (TPSA) is 43.8 Å². The Hall–Kier alpha value is -0.0200. The van der Waals surface area contributed by atoms with Gasteiger partial charge in [-0.25, -0.2) is 4.67 Å². The highest BCUT2D eigenvalue weighted by molar-refractivity contribution is 7.46. The lowest BCUT2D eigenvalue weighted by atomic mass is 9.95. The normalized spacial score (nSPS) is 22.6. The van der Waals surface area contributed by atoms with Gasteiger partial charge in [0, 0.05) is 19.5 Å². The number of nitrogens with zero attached hydrogens (tertiary/aromatic N) is 2. The fourth-order valence-electron chi connectivity index (χ4n) is 1.72. The summed E-state index contributed by atoms with van der Waals surface area (Å²) in [7, 11) is 2.68. The lowest BCUT2D eigenvalue weighted by Crippen LogP contribution is -2.33. The van der Waals surface area contributed by atoms with Crippen LogP contribution in [0.25, 0.3) is 0 Å². The predicted octanol–water partition coefficient (Wildman–Crippen LogP) is 1.07. The highest BCUT2D eigenvalue weighted by Gasteiger charge is 2.25. The lowest BCUT2D eigenvalue weighted by molar-refractivity contribution is -0.108. The standard InChI is InChI=1S/C9H19N2O2P/c1-10(2)14(13)11-6-3-9(4-7-11)5-8-12/h8-9,13H,3-7H2,1-2H3. The van der Waals surface area contributed by atoms with Crippen LogP contribution in [0.5, 0.6) is 0 Å². The second-order valence-electron chi connectivity index (χ2n) is 3.91. The van der Waals surface area contributed by atoms with Gasteiger partial charge in [-0.05, 0) is 32.9 Å². The minimum absolute atomic E-state index is 0.536. The quantitative estimate of drug-likeness (QED) is 0.566. The van der Waals surface area contributed by atoms with E-state index in [9.17, 15) is 9.69 Å². The number of piperidine rings is 1. The van der Waals surface area contributed by atoms with Crippen LogP contribution in [-0.2, 0) is 4.79 Å². The van der Waals surface area contributed by atoms with E-state index in [-0.39, 0.29) is 0 Å². The van der Waals surface area contributed by atoms with E-state index in [1.54, 1.807) is 0 Å². The number of carbonyl (C=O) groups excluding carboxylic acids is 1. The first kappa shape index (κ1) is 12.1. The Kier molecular flexibility index (Phi) is 4.96. The van der Waals surface area contributed by atoms with Gasteiger partial charge in [0.1, 0.15) is 6.29 Å². The van der Waals surface area contributed by atoms with Gasteiger partial charge >= 0.3 is 0 Å². The maximum Gasteiger partial charge on any atom is 0.184 e. The third kappa shape index (κ3) is 3.28. The van der Waals surface area contributed by atoms with E-state index in [0.29, 0.717) is 12.3 Å². The molecule has 0 bridgehead atoms. The summed E-state index contributed by atoms with van der Waals surface area (Å²) >= 11 is 0. The molecule has 0 aromatic carbocycles. The van der Waals surface area contributed by atoms with Crippen LogP contribution in [0.4, 0.5) is 0 Å². The minimum Gasteiger partial charge on any atom is -0.347 e. The van der Waals surface area contributed by atoms with E-state index in [1.165, 1.54) is 0 Å². The van der Waals surface area contributed by atoms with E-state index < -0.39 is 8.45 Å². The zero-order chi connectivity index (χ0) is 10.6. The van der Waals surface area contributed by atoms with Crippen LogP contribution in [0.3, 0.4) is 0 Å². The molecule has 1 heterocycles. The van der Waals surface area contributed by atoms with Gasteiger partial charge < -0.3 is 9.69 Å². The van der Waals surface area contributed by atoms with E-state index in [0.717, 1.165) is 32.2 Å². The first-order chi connectivity index (χ1) is 6.65. The molecule has 0 aromatic rings. The molecule has 0 radical (unpaired) electrons. The zero-order valence-corrected chi connectivity index (χ0v) is 9.78. The van der Waals surface area contributed by atoms with E-state index >= 15 is 0 Å². The van der Waals surface area contributed by atoms with Crippen LogP contribution in [0.15, 0.2) is 0 Å². The molecule has 1 aliphatic heterocycles. The van der Waals surface area contributed by atoms with E-state index in [2.05, 4.69) is 4.67 Å². The summed E-state index contributed by atoms with van der Waals surface area (Å²) in [5, 5.41) is 0. The zero-order valence-electron chi connectivity index (χ0n) is 8.89. The Morgan fingerprint density at radius 3 is 2.50 bits per heavy atom. The first-order valence-electron chi connectivity index (χ1n) is 5.00. The number of hydrogen-bond acceptors (Lipinski definition) is 4. The van der Waals surface area contributed by atoms with Crippen molar-refractivity contribution in [1.29, 1.82) is 0 Å².